The number of aliphatic hydroxyl groups excluding tert-OH is 1. The van der Waals surface area contributed by atoms with E-state index in [0.29, 0.717) is 39.9 Å². The van der Waals surface area contributed by atoms with Gasteiger partial charge in [0.05, 0.1) is 10.8 Å². The summed E-state index contributed by atoms with van der Waals surface area (Å²) in [6.45, 7) is 2.44. The van der Waals surface area contributed by atoms with Crippen LogP contribution in [0.1, 0.15) is 30.4 Å². The summed E-state index contributed by atoms with van der Waals surface area (Å²) in [5.74, 6) is 0.250. The van der Waals surface area contributed by atoms with Crippen LogP contribution in [0.15, 0.2) is 66.9 Å². The normalized spacial score (nSPS) is 18.1. The highest BCUT2D eigenvalue weighted by atomic mass is 35.5. The number of aliphatic hydroxyl groups is 3. The van der Waals surface area contributed by atoms with Crippen molar-refractivity contribution in [2.75, 3.05) is 19.6 Å². The molecule has 35 heavy (non-hydrogen) atoms. The highest BCUT2D eigenvalue weighted by molar-refractivity contribution is 6.30. The van der Waals surface area contributed by atoms with E-state index < -0.39 is 11.5 Å². The molecule has 3 N–H and O–H groups in total. The summed E-state index contributed by atoms with van der Waals surface area (Å²) in [5.41, 5.74) is 1.86. The zero-order valence-electron chi connectivity index (χ0n) is 19.2. The lowest BCUT2D eigenvalue weighted by Crippen LogP contribution is -2.42. The van der Waals surface area contributed by atoms with Crippen molar-refractivity contribution in [2.45, 2.75) is 24.9 Å². The lowest BCUT2D eigenvalue weighted by molar-refractivity contribution is -0.0254. The van der Waals surface area contributed by atoms with Crippen molar-refractivity contribution >= 4 is 29.2 Å². The van der Waals surface area contributed by atoms with Gasteiger partial charge in [-0.1, -0.05) is 35.9 Å². The first-order valence-electron chi connectivity index (χ1n) is 11.7. The van der Waals surface area contributed by atoms with Gasteiger partial charge >= 0.3 is 0 Å². The van der Waals surface area contributed by atoms with Crippen LogP contribution in [0.2, 0.25) is 5.02 Å². The van der Waals surface area contributed by atoms with Gasteiger partial charge in [0.2, 0.25) is 5.88 Å². The van der Waals surface area contributed by atoms with E-state index >= 15 is 0 Å². The number of fused-ring (bicyclic) bond motifs is 2. The van der Waals surface area contributed by atoms with Gasteiger partial charge in [-0.25, -0.2) is 4.98 Å². The lowest BCUT2D eigenvalue weighted by Gasteiger charge is -2.38. The first-order valence-corrected chi connectivity index (χ1v) is 12.1. The van der Waals surface area contributed by atoms with Gasteiger partial charge in [-0.05, 0) is 72.9 Å². The molecular weight excluding hydrogens is 464 g/mol. The molecule has 1 fully saturated rings. The number of hydrogen-bond donors (Lipinski definition) is 3. The molecule has 2 aromatic carbocycles. The van der Waals surface area contributed by atoms with Crippen LogP contribution in [0, 0.1) is 0 Å². The van der Waals surface area contributed by atoms with Crippen LogP contribution in [0.3, 0.4) is 0 Å². The average Bonchev–Trinajstić information content (AvgIpc) is 3.02. The summed E-state index contributed by atoms with van der Waals surface area (Å²) in [5, 5.41) is 32.3. The molecule has 7 heteroatoms. The van der Waals surface area contributed by atoms with Crippen LogP contribution in [0.4, 0.5) is 0 Å². The number of hydrogen-bond acceptors (Lipinski definition) is 6. The lowest BCUT2D eigenvalue weighted by atomic mass is 9.84. The number of ether oxygens (including phenoxy) is 1. The van der Waals surface area contributed by atoms with E-state index in [9.17, 15) is 15.3 Å². The van der Waals surface area contributed by atoms with Crippen LogP contribution >= 0.6 is 11.6 Å². The number of halogens is 1. The Morgan fingerprint density at radius 1 is 1.06 bits per heavy atom. The Balaban J connectivity index is 1.35. The fourth-order valence-corrected chi connectivity index (χ4v) is 4.90. The Morgan fingerprint density at radius 2 is 1.83 bits per heavy atom. The second kappa shape index (κ2) is 9.74. The molecule has 2 aliphatic heterocycles. The summed E-state index contributed by atoms with van der Waals surface area (Å²) >= 11 is 6.00. The van der Waals surface area contributed by atoms with Gasteiger partial charge in [0.15, 0.2) is 0 Å². The van der Waals surface area contributed by atoms with E-state index in [0.717, 1.165) is 42.8 Å². The number of nitrogens with zero attached hydrogens (tertiary/aromatic N) is 2. The SMILES string of the molecule is OC(O)=c1cccc2c1=CC(=CCCN1CCC(O)(c3ccc(Cl)cc3)CC1)c1cccnc1O2. The van der Waals surface area contributed by atoms with Crippen molar-refractivity contribution in [2.24, 2.45) is 0 Å². The Bertz CT molecular complexity index is 1370. The minimum atomic E-state index is -0.820. The number of benzene rings is 2. The third-order valence-corrected chi connectivity index (χ3v) is 7.02. The Labute approximate surface area is 208 Å². The summed E-state index contributed by atoms with van der Waals surface area (Å²) in [6.07, 6.45) is 7.84. The highest BCUT2D eigenvalue weighted by Gasteiger charge is 2.33. The van der Waals surface area contributed by atoms with Crippen LogP contribution in [-0.4, -0.2) is 44.8 Å². The Morgan fingerprint density at radius 3 is 2.57 bits per heavy atom. The van der Waals surface area contributed by atoms with Crippen LogP contribution in [0.25, 0.3) is 17.6 Å². The molecule has 0 unspecified atom stereocenters. The number of aromatic nitrogens is 1. The molecule has 0 aliphatic carbocycles. The van der Waals surface area contributed by atoms with Gasteiger partial charge in [-0.15, -0.1) is 0 Å². The van der Waals surface area contributed by atoms with Gasteiger partial charge in [-0.3, -0.25) is 0 Å². The van der Waals surface area contributed by atoms with Crippen LogP contribution in [-0.2, 0) is 5.60 Å². The smallest absolute Gasteiger partial charge is 0.282 e. The molecule has 0 saturated carbocycles. The van der Waals surface area contributed by atoms with Crippen LogP contribution in [0.5, 0.6) is 11.6 Å². The molecule has 0 amide bonds. The molecule has 0 spiro atoms. The zero-order chi connectivity index (χ0) is 24.4. The Hall–Kier alpha value is -3.32. The first-order chi connectivity index (χ1) is 16.9. The van der Waals surface area contributed by atoms with Crippen molar-refractivity contribution < 1.29 is 20.1 Å². The largest absolute Gasteiger partial charge is 0.481 e. The maximum absolute atomic E-state index is 11.1. The zero-order valence-corrected chi connectivity index (χ0v) is 19.9. The molecule has 1 saturated heterocycles. The van der Waals surface area contributed by atoms with Crippen molar-refractivity contribution in [3.05, 3.63) is 93.5 Å². The van der Waals surface area contributed by atoms with Gasteiger partial charge in [0.1, 0.15) is 5.75 Å². The monoisotopic (exact) mass is 490 g/mol. The van der Waals surface area contributed by atoms with Gasteiger partial charge in [0.25, 0.3) is 5.95 Å². The minimum Gasteiger partial charge on any atom is -0.481 e. The van der Waals surface area contributed by atoms with Crippen molar-refractivity contribution in [1.29, 1.82) is 0 Å². The molecule has 5 rings (SSSR count). The van der Waals surface area contributed by atoms with Gasteiger partial charge < -0.3 is 25.0 Å². The van der Waals surface area contributed by atoms with Gasteiger partial charge in [-0.2, -0.15) is 0 Å². The number of rotatable bonds is 4. The van der Waals surface area contributed by atoms with Gasteiger partial charge in [0, 0.05) is 41.6 Å². The quantitative estimate of drug-likeness (QED) is 0.506. The van der Waals surface area contributed by atoms with E-state index in [4.69, 9.17) is 16.3 Å². The number of pyridine rings is 1. The van der Waals surface area contributed by atoms with E-state index in [1.165, 1.54) is 0 Å². The van der Waals surface area contributed by atoms with Crippen molar-refractivity contribution in [1.82, 2.24) is 9.88 Å². The topological polar surface area (TPSA) is 86.1 Å². The molecular formula is C28H27ClN2O4. The molecule has 6 nitrogen and oxygen atoms in total. The first kappa shape index (κ1) is 23.4. The third kappa shape index (κ3) is 4.91. The molecule has 3 heterocycles. The predicted octanol–water partition coefficient (Wildman–Crippen LogP) is 4.26. The molecule has 2 aliphatic rings. The summed E-state index contributed by atoms with van der Waals surface area (Å²) in [6, 6.07) is 16.4. The molecule has 0 radical (unpaired) electrons. The van der Waals surface area contributed by atoms with E-state index in [2.05, 4.69) is 16.0 Å². The molecule has 3 aromatic rings. The Kier molecular flexibility index (Phi) is 6.52. The fourth-order valence-electron chi connectivity index (χ4n) is 4.77. The predicted molar refractivity (Wildman–Crippen MR) is 137 cm³/mol. The molecule has 180 valence electrons. The summed E-state index contributed by atoms with van der Waals surface area (Å²) in [4.78, 5) is 6.74. The van der Waals surface area contributed by atoms with Crippen molar-refractivity contribution in [3.63, 3.8) is 0 Å². The molecule has 1 aromatic heterocycles. The molecule has 0 atom stereocenters. The highest BCUT2D eigenvalue weighted by Crippen LogP contribution is 2.34. The second-order valence-electron chi connectivity index (χ2n) is 8.97. The number of piperidine rings is 1. The summed E-state index contributed by atoms with van der Waals surface area (Å²) < 4.78 is 6.03. The minimum absolute atomic E-state index is 0.304. The second-order valence-corrected chi connectivity index (χ2v) is 9.41. The number of likely N-dealkylation sites (tertiary alicyclic amines) is 1. The van der Waals surface area contributed by atoms with E-state index in [-0.39, 0.29) is 0 Å². The third-order valence-electron chi connectivity index (χ3n) is 6.77. The standard InChI is InChI=1S/C28H27ClN2O4/c29-21-10-8-20(9-11-21)28(34)12-16-31(17-13-28)15-3-4-19-18-24-23(27(32)33)5-1-7-25(24)35-26-22(19)6-2-14-30-26/h1-2,4-11,14,18,32-34H,3,12-13,15-17H2. The maximum atomic E-state index is 11.1. The van der Waals surface area contributed by atoms with Crippen LogP contribution < -0.4 is 15.2 Å². The summed E-state index contributed by atoms with van der Waals surface area (Å²) in [7, 11) is 0. The average molecular weight is 491 g/mol. The number of allylic oxidation sites excluding steroid dienone is 1. The molecule has 0 bridgehead atoms. The van der Waals surface area contributed by atoms with E-state index in [1.54, 1.807) is 24.4 Å². The van der Waals surface area contributed by atoms with E-state index in [1.807, 2.05) is 42.5 Å². The fraction of sp³-hybridized carbons (Fsp3) is 0.250. The maximum Gasteiger partial charge on any atom is 0.282 e. The van der Waals surface area contributed by atoms with Crippen molar-refractivity contribution in [3.8, 4) is 11.6 Å².